The first kappa shape index (κ1) is 21.6. The van der Waals surface area contributed by atoms with Crippen LogP contribution in [0.15, 0.2) is 40.9 Å². The highest BCUT2D eigenvalue weighted by Gasteiger charge is 2.60. The van der Waals surface area contributed by atoms with Gasteiger partial charge in [-0.2, -0.15) is 0 Å². The highest BCUT2D eigenvalue weighted by Crippen LogP contribution is 2.48. The third-order valence-corrected chi connectivity index (χ3v) is 6.40. The van der Waals surface area contributed by atoms with E-state index in [2.05, 4.69) is 31.9 Å². The molecule has 8 nitrogen and oxygen atoms in total. The van der Waals surface area contributed by atoms with Crippen LogP contribution in [0.2, 0.25) is 5.02 Å². The molecule has 3 amide bonds. The summed E-state index contributed by atoms with van der Waals surface area (Å²) in [7, 11) is 1.48. The Bertz CT molecular complexity index is 1100. The first-order chi connectivity index (χ1) is 14.7. The van der Waals surface area contributed by atoms with Gasteiger partial charge in [-0.05, 0) is 42.8 Å². The standard InChI is InChI=1S/C21H20BrClN4O4/c1-31-17-5-3-11(23)7-16(17)25-19(29)14-8-12(9-18(24)28)27-21(14)13-6-10(22)2-4-15(13)26-20(21)30/h2-7,12,14,27H,8-9H2,1H3,(H2,24,28)(H,25,29)(H,26,30)/t12-,14-,21-/m0/s1. The lowest BCUT2D eigenvalue weighted by Gasteiger charge is -2.29. The Morgan fingerprint density at radius 1 is 1.32 bits per heavy atom. The summed E-state index contributed by atoms with van der Waals surface area (Å²) in [6.07, 6.45) is 0.250. The Morgan fingerprint density at radius 3 is 2.81 bits per heavy atom. The van der Waals surface area contributed by atoms with Crippen molar-refractivity contribution in [3.8, 4) is 5.75 Å². The van der Waals surface area contributed by atoms with Gasteiger partial charge in [0.15, 0.2) is 0 Å². The van der Waals surface area contributed by atoms with E-state index in [1.165, 1.54) is 7.11 Å². The molecule has 2 aliphatic rings. The molecule has 162 valence electrons. The van der Waals surface area contributed by atoms with E-state index in [-0.39, 0.29) is 18.7 Å². The Balaban J connectivity index is 1.75. The van der Waals surface area contributed by atoms with Gasteiger partial charge >= 0.3 is 0 Å². The second-order valence-electron chi connectivity index (χ2n) is 7.59. The monoisotopic (exact) mass is 506 g/mol. The van der Waals surface area contributed by atoms with Crippen LogP contribution in [0.1, 0.15) is 18.4 Å². The van der Waals surface area contributed by atoms with Crippen molar-refractivity contribution in [2.45, 2.75) is 24.4 Å². The molecule has 2 aliphatic heterocycles. The van der Waals surface area contributed by atoms with Crippen LogP contribution in [-0.4, -0.2) is 30.9 Å². The van der Waals surface area contributed by atoms with E-state index in [9.17, 15) is 14.4 Å². The van der Waals surface area contributed by atoms with E-state index >= 15 is 0 Å². The van der Waals surface area contributed by atoms with Gasteiger partial charge in [0.05, 0.1) is 18.7 Å². The van der Waals surface area contributed by atoms with E-state index < -0.39 is 29.3 Å². The molecule has 0 radical (unpaired) electrons. The predicted molar refractivity (Wildman–Crippen MR) is 120 cm³/mol. The van der Waals surface area contributed by atoms with Gasteiger partial charge in [0.25, 0.3) is 0 Å². The zero-order valence-electron chi connectivity index (χ0n) is 16.5. The van der Waals surface area contributed by atoms with Crippen LogP contribution >= 0.6 is 27.5 Å². The summed E-state index contributed by atoms with van der Waals surface area (Å²) in [5, 5.41) is 9.35. The summed E-state index contributed by atoms with van der Waals surface area (Å²) in [5.41, 5.74) is 5.69. The summed E-state index contributed by atoms with van der Waals surface area (Å²) >= 11 is 9.52. The number of hydrogen-bond acceptors (Lipinski definition) is 5. The van der Waals surface area contributed by atoms with Crippen LogP contribution in [0.5, 0.6) is 5.75 Å². The number of nitrogens with two attached hydrogens (primary N) is 1. The summed E-state index contributed by atoms with van der Waals surface area (Å²) in [4.78, 5) is 38.3. The smallest absolute Gasteiger partial charge is 0.250 e. The van der Waals surface area contributed by atoms with Crippen LogP contribution in [0.25, 0.3) is 0 Å². The van der Waals surface area contributed by atoms with Gasteiger partial charge in [-0.25, -0.2) is 0 Å². The average Bonchev–Trinajstić information content (AvgIpc) is 3.21. The van der Waals surface area contributed by atoms with E-state index in [1.807, 2.05) is 0 Å². The van der Waals surface area contributed by atoms with E-state index in [0.29, 0.717) is 27.7 Å². The molecule has 5 N–H and O–H groups in total. The summed E-state index contributed by atoms with van der Waals surface area (Å²) in [5.74, 6) is -1.64. The number of hydrogen-bond donors (Lipinski definition) is 4. The van der Waals surface area contributed by atoms with Gasteiger partial charge in [0.1, 0.15) is 11.3 Å². The molecule has 10 heteroatoms. The zero-order chi connectivity index (χ0) is 22.3. The van der Waals surface area contributed by atoms with E-state index in [1.54, 1.807) is 36.4 Å². The van der Waals surface area contributed by atoms with Gasteiger partial charge in [0, 0.05) is 33.2 Å². The van der Waals surface area contributed by atoms with Crippen LogP contribution in [0, 0.1) is 5.92 Å². The number of amides is 3. The molecule has 2 heterocycles. The van der Waals surface area contributed by atoms with Crippen LogP contribution in [0.4, 0.5) is 11.4 Å². The number of benzene rings is 2. The topological polar surface area (TPSA) is 123 Å². The van der Waals surface area contributed by atoms with Gasteiger partial charge < -0.3 is 21.1 Å². The van der Waals surface area contributed by atoms with Crippen molar-refractivity contribution in [2.24, 2.45) is 11.7 Å². The first-order valence-electron chi connectivity index (χ1n) is 9.56. The zero-order valence-corrected chi connectivity index (χ0v) is 18.8. The van der Waals surface area contributed by atoms with Gasteiger partial charge in [-0.3, -0.25) is 19.7 Å². The van der Waals surface area contributed by atoms with E-state index in [0.717, 1.165) is 4.47 Å². The summed E-state index contributed by atoms with van der Waals surface area (Å²) in [6, 6.07) is 9.80. The van der Waals surface area contributed by atoms with Crippen molar-refractivity contribution in [3.05, 3.63) is 51.5 Å². The molecule has 0 unspecified atom stereocenters. The van der Waals surface area contributed by atoms with Crippen molar-refractivity contribution in [3.63, 3.8) is 0 Å². The number of rotatable bonds is 5. The van der Waals surface area contributed by atoms with Crippen LogP contribution < -0.4 is 26.4 Å². The molecule has 31 heavy (non-hydrogen) atoms. The molecule has 0 saturated carbocycles. The minimum Gasteiger partial charge on any atom is -0.495 e. The number of ether oxygens (including phenoxy) is 1. The third kappa shape index (κ3) is 3.77. The number of primary amides is 1. The Hall–Kier alpha value is -2.62. The van der Waals surface area contributed by atoms with Gasteiger partial charge in [-0.1, -0.05) is 27.5 Å². The van der Waals surface area contributed by atoms with Crippen molar-refractivity contribution in [1.82, 2.24) is 5.32 Å². The lowest BCUT2D eigenvalue weighted by atomic mass is 9.79. The summed E-state index contributed by atoms with van der Waals surface area (Å²) in [6.45, 7) is 0. The second kappa shape index (κ2) is 8.14. The van der Waals surface area contributed by atoms with Crippen molar-refractivity contribution >= 4 is 56.6 Å². The maximum atomic E-state index is 13.5. The predicted octanol–water partition coefficient (Wildman–Crippen LogP) is 2.75. The molecule has 1 saturated heterocycles. The van der Waals surface area contributed by atoms with Crippen LogP contribution in [-0.2, 0) is 19.9 Å². The fraction of sp³-hybridized carbons (Fsp3) is 0.286. The Labute approximate surface area is 192 Å². The molecule has 0 aliphatic carbocycles. The molecule has 0 aromatic heterocycles. The maximum Gasteiger partial charge on any atom is 0.250 e. The molecular weight excluding hydrogens is 488 g/mol. The average molecular weight is 508 g/mol. The maximum absolute atomic E-state index is 13.5. The largest absolute Gasteiger partial charge is 0.495 e. The molecule has 4 rings (SSSR count). The quantitative estimate of drug-likeness (QED) is 0.496. The molecule has 2 aromatic carbocycles. The lowest BCUT2D eigenvalue weighted by molar-refractivity contribution is -0.130. The Kier molecular flexibility index (Phi) is 5.67. The number of nitrogens with one attached hydrogen (secondary N) is 3. The Morgan fingerprint density at radius 2 is 2.10 bits per heavy atom. The molecule has 0 bridgehead atoms. The fourth-order valence-electron chi connectivity index (χ4n) is 4.41. The number of methoxy groups -OCH3 is 1. The summed E-state index contributed by atoms with van der Waals surface area (Å²) < 4.78 is 6.07. The highest BCUT2D eigenvalue weighted by molar-refractivity contribution is 9.10. The molecule has 1 spiro atoms. The molecule has 3 atom stereocenters. The molecule has 2 aromatic rings. The molecule has 1 fully saturated rings. The number of fused-ring (bicyclic) bond motifs is 2. The number of carbonyl (C=O) groups excluding carboxylic acids is 3. The van der Waals surface area contributed by atoms with Gasteiger partial charge in [-0.15, -0.1) is 0 Å². The van der Waals surface area contributed by atoms with E-state index in [4.69, 9.17) is 22.1 Å². The van der Waals surface area contributed by atoms with Gasteiger partial charge in [0.2, 0.25) is 17.7 Å². The third-order valence-electron chi connectivity index (χ3n) is 5.67. The first-order valence-corrected chi connectivity index (χ1v) is 10.7. The number of halogens is 2. The number of anilines is 2. The lowest BCUT2D eigenvalue weighted by Crippen LogP contribution is -2.52. The SMILES string of the molecule is COc1ccc(Cl)cc1NC(=O)[C@@H]1C[C@@H](CC(N)=O)N[C@]12C(=O)Nc1ccc(Br)cc12. The fourth-order valence-corrected chi connectivity index (χ4v) is 4.94. The normalized spacial score (nSPS) is 24.0. The van der Waals surface area contributed by atoms with Crippen molar-refractivity contribution in [1.29, 1.82) is 0 Å². The molecular formula is C21H20BrClN4O4. The highest BCUT2D eigenvalue weighted by atomic mass is 79.9. The minimum absolute atomic E-state index is 0.00261. The number of carbonyl (C=O) groups is 3. The van der Waals surface area contributed by atoms with Crippen molar-refractivity contribution < 1.29 is 19.1 Å². The van der Waals surface area contributed by atoms with Crippen LogP contribution in [0.3, 0.4) is 0 Å². The minimum atomic E-state index is -1.34. The second-order valence-corrected chi connectivity index (χ2v) is 8.94. The van der Waals surface area contributed by atoms with Crippen molar-refractivity contribution in [2.75, 3.05) is 17.7 Å².